The average molecular weight is 244 g/mol. The van der Waals surface area contributed by atoms with E-state index in [1.54, 1.807) is 6.92 Å². The van der Waals surface area contributed by atoms with Gasteiger partial charge in [-0.2, -0.15) is 0 Å². The van der Waals surface area contributed by atoms with Crippen LogP contribution in [-0.2, 0) is 4.79 Å². The van der Waals surface area contributed by atoms with Crippen LogP contribution in [0, 0.1) is 23.7 Å². The number of hydrogen-bond acceptors (Lipinski definition) is 1. The zero-order valence-corrected chi connectivity index (χ0v) is 11.2. The molecule has 0 bridgehead atoms. The number of hydrogen-bond donors (Lipinski definition) is 1. The van der Waals surface area contributed by atoms with Gasteiger partial charge in [-0.25, -0.2) is 4.39 Å². The highest BCUT2D eigenvalue weighted by molar-refractivity contribution is 5.69. The lowest BCUT2D eigenvalue weighted by Gasteiger charge is -2.34. The summed E-state index contributed by atoms with van der Waals surface area (Å²) in [5.41, 5.74) is 0. The van der Waals surface area contributed by atoms with Gasteiger partial charge in [0.05, 0.1) is 5.92 Å². The van der Waals surface area contributed by atoms with Gasteiger partial charge in [-0.05, 0) is 43.4 Å². The molecule has 2 nitrogen and oxygen atoms in total. The molecule has 0 aromatic rings. The second-order valence-corrected chi connectivity index (χ2v) is 5.89. The first-order chi connectivity index (χ1) is 7.91. The molecule has 5 unspecified atom stereocenters. The summed E-state index contributed by atoms with van der Waals surface area (Å²) in [6.45, 7) is 5.91. The van der Waals surface area contributed by atoms with Gasteiger partial charge in [-0.15, -0.1) is 0 Å². The number of carboxylic acid groups (broad SMARTS) is 1. The van der Waals surface area contributed by atoms with Gasteiger partial charge in [0.15, 0.2) is 0 Å². The number of halogens is 1. The molecule has 1 fully saturated rings. The predicted molar refractivity (Wildman–Crippen MR) is 66.6 cm³/mol. The van der Waals surface area contributed by atoms with Gasteiger partial charge in [-0.1, -0.05) is 27.2 Å². The molecule has 1 N–H and O–H groups in total. The maximum atomic E-state index is 13.9. The van der Waals surface area contributed by atoms with Crippen LogP contribution in [0.15, 0.2) is 0 Å². The van der Waals surface area contributed by atoms with Gasteiger partial charge >= 0.3 is 5.97 Å². The van der Waals surface area contributed by atoms with E-state index in [2.05, 4.69) is 13.8 Å². The van der Waals surface area contributed by atoms with Gasteiger partial charge in [0.2, 0.25) is 0 Å². The summed E-state index contributed by atoms with van der Waals surface area (Å²) in [4.78, 5) is 10.7. The van der Waals surface area contributed by atoms with Crippen molar-refractivity contribution in [1.29, 1.82) is 0 Å². The Morgan fingerprint density at radius 1 is 1.35 bits per heavy atom. The first-order valence-corrected chi connectivity index (χ1v) is 6.78. The molecule has 0 spiro atoms. The highest BCUT2D eigenvalue weighted by Crippen LogP contribution is 2.37. The third-order valence-electron chi connectivity index (χ3n) is 4.29. The highest BCUT2D eigenvalue weighted by atomic mass is 19.1. The average Bonchev–Trinajstić information content (AvgIpc) is 2.25. The molecule has 1 rings (SSSR count). The quantitative estimate of drug-likeness (QED) is 0.796. The van der Waals surface area contributed by atoms with E-state index < -0.39 is 12.1 Å². The molecule has 17 heavy (non-hydrogen) atoms. The minimum absolute atomic E-state index is 0.146. The van der Waals surface area contributed by atoms with Crippen molar-refractivity contribution in [2.45, 2.75) is 59.0 Å². The first-order valence-electron chi connectivity index (χ1n) is 6.78. The molecule has 1 saturated carbocycles. The number of aliphatic carboxylic acids is 1. The van der Waals surface area contributed by atoms with E-state index >= 15 is 0 Å². The van der Waals surface area contributed by atoms with Crippen molar-refractivity contribution >= 4 is 5.97 Å². The van der Waals surface area contributed by atoms with Crippen molar-refractivity contribution in [3.63, 3.8) is 0 Å². The molecule has 1 aliphatic rings. The predicted octanol–water partition coefficient (Wildman–Crippen LogP) is 3.90. The Kier molecular flexibility index (Phi) is 5.41. The fourth-order valence-corrected chi connectivity index (χ4v) is 2.83. The summed E-state index contributed by atoms with van der Waals surface area (Å²) in [7, 11) is 0. The molecule has 0 aromatic heterocycles. The van der Waals surface area contributed by atoms with Crippen LogP contribution >= 0.6 is 0 Å². The van der Waals surface area contributed by atoms with Crippen molar-refractivity contribution in [1.82, 2.24) is 0 Å². The van der Waals surface area contributed by atoms with Gasteiger partial charge in [0.25, 0.3) is 0 Å². The SMILES string of the molecule is CC1CCC(C(C)CCC(C)C(=O)O)C(F)C1. The fourth-order valence-electron chi connectivity index (χ4n) is 2.83. The van der Waals surface area contributed by atoms with Crippen LogP contribution in [0.1, 0.15) is 52.9 Å². The van der Waals surface area contributed by atoms with Crippen LogP contribution in [0.4, 0.5) is 4.39 Å². The van der Waals surface area contributed by atoms with E-state index in [4.69, 9.17) is 5.11 Å². The summed E-state index contributed by atoms with van der Waals surface area (Å²) in [5, 5.41) is 8.82. The molecule has 0 aliphatic heterocycles. The van der Waals surface area contributed by atoms with Gasteiger partial charge < -0.3 is 5.11 Å². The highest BCUT2D eigenvalue weighted by Gasteiger charge is 2.32. The van der Waals surface area contributed by atoms with E-state index in [1.807, 2.05) is 0 Å². The van der Waals surface area contributed by atoms with Crippen LogP contribution in [0.3, 0.4) is 0 Å². The fraction of sp³-hybridized carbons (Fsp3) is 0.929. The van der Waals surface area contributed by atoms with Crippen molar-refractivity contribution in [2.24, 2.45) is 23.7 Å². The van der Waals surface area contributed by atoms with Gasteiger partial charge in [0.1, 0.15) is 6.17 Å². The molecule has 5 atom stereocenters. The minimum atomic E-state index is -0.744. The molecule has 3 heteroatoms. The topological polar surface area (TPSA) is 37.3 Å². The third-order valence-corrected chi connectivity index (χ3v) is 4.29. The van der Waals surface area contributed by atoms with Crippen LogP contribution in [0.2, 0.25) is 0 Å². The molecular weight excluding hydrogens is 219 g/mol. The van der Waals surface area contributed by atoms with Crippen molar-refractivity contribution in [2.75, 3.05) is 0 Å². The maximum Gasteiger partial charge on any atom is 0.306 e. The molecule has 100 valence electrons. The largest absolute Gasteiger partial charge is 0.481 e. The number of rotatable bonds is 5. The van der Waals surface area contributed by atoms with E-state index in [-0.39, 0.29) is 11.8 Å². The van der Waals surface area contributed by atoms with Gasteiger partial charge in [0, 0.05) is 0 Å². The Hall–Kier alpha value is -0.600. The molecule has 0 saturated heterocycles. The summed E-state index contributed by atoms with van der Waals surface area (Å²) in [6.07, 6.45) is 3.56. The normalized spacial score (nSPS) is 33.1. The standard InChI is InChI=1S/C14H25FO2/c1-9-4-7-12(13(15)8-9)10(2)5-6-11(3)14(16)17/h9-13H,4-8H2,1-3H3,(H,16,17). The summed E-state index contributed by atoms with van der Waals surface area (Å²) >= 11 is 0. The number of alkyl halides is 1. The lowest BCUT2D eigenvalue weighted by molar-refractivity contribution is -0.141. The monoisotopic (exact) mass is 244 g/mol. The summed E-state index contributed by atoms with van der Waals surface area (Å²) in [6, 6.07) is 0. The first kappa shape index (κ1) is 14.5. The molecular formula is C14H25FO2. The summed E-state index contributed by atoms with van der Waals surface area (Å²) in [5.74, 6) is -0.0952. The smallest absolute Gasteiger partial charge is 0.306 e. The Morgan fingerprint density at radius 2 is 2.00 bits per heavy atom. The lowest BCUT2D eigenvalue weighted by Crippen LogP contribution is -2.30. The molecule has 0 radical (unpaired) electrons. The number of carboxylic acids is 1. The third kappa shape index (κ3) is 4.29. The Bertz CT molecular complexity index is 255. The van der Waals surface area contributed by atoms with Crippen molar-refractivity contribution in [3.8, 4) is 0 Å². The summed E-state index contributed by atoms with van der Waals surface area (Å²) < 4.78 is 13.9. The second-order valence-electron chi connectivity index (χ2n) is 5.89. The van der Waals surface area contributed by atoms with E-state index in [9.17, 15) is 9.18 Å². The molecule has 0 amide bonds. The molecule has 1 aliphatic carbocycles. The van der Waals surface area contributed by atoms with Crippen LogP contribution in [0.5, 0.6) is 0 Å². The van der Waals surface area contributed by atoms with Crippen molar-refractivity contribution in [3.05, 3.63) is 0 Å². The van der Waals surface area contributed by atoms with Crippen LogP contribution < -0.4 is 0 Å². The van der Waals surface area contributed by atoms with E-state index in [1.165, 1.54) is 0 Å². The van der Waals surface area contributed by atoms with Gasteiger partial charge in [-0.3, -0.25) is 4.79 Å². The van der Waals surface area contributed by atoms with E-state index in [0.717, 1.165) is 19.3 Å². The van der Waals surface area contributed by atoms with Crippen LogP contribution in [0.25, 0.3) is 0 Å². The maximum absolute atomic E-state index is 13.9. The zero-order valence-electron chi connectivity index (χ0n) is 11.2. The van der Waals surface area contributed by atoms with E-state index in [0.29, 0.717) is 24.7 Å². The Balaban J connectivity index is 2.37. The molecule has 0 aromatic carbocycles. The van der Waals surface area contributed by atoms with Crippen LogP contribution in [-0.4, -0.2) is 17.2 Å². The number of carbonyl (C=O) groups is 1. The van der Waals surface area contributed by atoms with Crippen molar-refractivity contribution < 1.29 is 14.3 Å². The lowest BCUT2D eigenvalue weighted by atomic mass is 9.74. The minimum Gasteiger partial charge on any atom is -0.481 e. The second kappa shape index (κ2) is 6.36. The zero-order chi connectivity index (χ0) is 13.0. The Morgan fingerprint density at radius 3 is 2.53 bits per heavy atom. The Labute approximate surface area is 104 Å². The molecule has 0 heterocycles.